The Kier molecular flexibility index (Phi) is 76.3. The highest BCUT2D eigenvalue weighted by atomic mass is 31.2. The second kappa shape index (κ2) is 77.8. The first-order valence-electron chi connectivity index (χ1n) is 44.2. The Labute approximate surface area is 638 Å². The van der Waals surface area contributed by atoms with E-state index in [2.05, 4.69) is 34.6 Å². The molecule has 0 radical (unpaired) electrons. The number of ether oxygens (including phenoxy) is 4. The van der Waals surface area contributed by atoms with Gasteiger partial charge in [-0.2, -0.15) is 0 Å². The van der Waals surface area contributed by atoms with Gasteiger partial charge in [-0.1, -0.05) is 407 Å². The lowest BCUT2D eigenvalue weighted by atomic mass is 9.99. The highest BCUT2D eigenvalue weighted by Gasteiger charge is 2.30. The number of aliphatic hydroxyl groups excluding tert-OH is 1. The predicted octanol–water partition coefficient (Wildman–Crippen LogP) is 26.0. The number of carbonyl (C=O) groups excluding carboxylic acids is 4. The topological polar surface area (TPSA) is 237 Å². The zero-order valence-corrected chi connectivity index (χ0v) is 70.0. The smallest absolute Gasteiger partial charge is 0.462 e. The summed E-state index contributed by atoms with van der Waals surface area (Å²) in [4.78, 5) is 73.2. The third-order valence-corrected chi connectivity index (χ3v) is 22.3. The summed E-state index contributed by atoms with van der Waals surface area (Å²) in [6.45, 7) is 7.38. The van der Waals surface area contributed by atoms with Gasteiger partial charge in [0.2, 0.25) is 0 Å². The quantitative estimate of drug-likeness (QED) is 0.0222. The minimum absolute atomic E-state index is 0.107. The molecule has 0 fully saturated rings. The third kappa shape index (κ3) is 76.8. The Hall–Kier alpha value is -1.94. The summed E-state index contributed by atoms with van der Waals surface area (Å²) in [5.41, 5.74) is 0. The molecule has 0 heterocycles. The number of unbranched alkanes of at least 4 members (excludes halogenated alkanes) is 56. The number of rotatable bonds is 85. The van der Waals surface area contributed by atoms with Crippen LogP contribution in [0.2, 0.25) is 0 Å². The van der Waals surface area contributed by atoms with E-state index in [1.165, 1.54) is 283 Å². The number of aliphatic hydroxyl groups is 1. The van der Waals surface area contributed by atoms with Crippen LogP contribution in [-0.4, -0.2) is 96.7 Å². The van der Waals surface area contributed by atoms with Crippen molar-refractivity contribution >= 4 is 39.5 Å². The number of hydrogen-bond donors (Lipinski definition) is 3. The summed E-state index contributed by atoms with van der Waals surface area (Å²) in [6.07, 6.45) is 70.7. The van der Waals surface area contributed by atoms with Crippen LogP contribution in [0.15, 0.2) is 0 Å². The van der Waals surface area contributed by atoms with E-state index in [1.807, 2.05) is 0 Å². The van der Waals surface area contributed by atoms with Crippen molar-refractivity contribution in [3.8, 4) is 0 Å². The molecule has 0 aliphatic rings. The number of phosphoric acid groups is 2. The summed E-state index contributed by atoms with van der Waals surface area (Å²) >= 11 is 0. The third-order valence-electron chi connectivity index (χ3n) is 20.4. The molecule has 0 aromatic heterocycles. The van der Waals surface area contributed by atoms with Crippen LogP contribution in [0.3, 0.4) is 0 Å². The minimum Gasteiger partial charge on any atom is -0.462 e. The van der Waals surface area contributed by atoms with E-state index in [0.29, 0.717) is 25.7 Å². The van der Waals surface area contributed by atoms with Crippen LogP contribution < -0.4 is 0 Å². The molecule has 0 bridgehead atoms. The van der Waals surface area contributed by atoms with Crippen molar-refractivity contribution in [1.29, 1.82) is 0 Å². The molecule has 6 atom stereocenters. The number of esters is 4. The molecule has 618 valence electrons. The van der Waals surface area contributed by atoms with Gasteiger partial charge < -0.3 is 33.8 Å². The maximum absolute atomic E-state index is 13.1. The Balaban J connectivity index is 5.23. The first-order chi connectivity index (χ1) is 50.6. The van der Waals surface area contributed by atoms with E-state index in [4.69, 9.17) is 37.0 Å². The van der Waals surface area contributed by atoms with Gasteiger partial charge in [0, 0.05) is 25.7 Å². The minimum atomic E-state index is -4.96. The Morgan fingerprint density at radius 2 is 0.462 bits per heavy atom. The standard InChI is InChI=1S/C85H166O17P2/c1-6-10-13-16-19-22-25-28-30-31-32-33-34-35-36-38-41-44-50-55-60-65-70-84(89)101-80(74-96-83(88)69-64-59-54-49-43-40-37-29-26-23-20-17-14-11-7-2)76-99-103(91,92)97-72-79(86)73-98-104(93,94)100-77-81(75-95-82(87)68-63-58-53-48-42-39-27-24-21-18-15-12-8-3)102-85(90)71-66-61-56-51-46-45-47-52-57-62-67-78(5)9-4/h78-81,86H,6-77H2,1-5H3,(H,91,92)(H,93,94)/t78?,79-,80-,81-/m1/s1. The molecule has 19 heteroatoms. The van der Waals surface area contributed by atoms with Crippen molar-refractivity contribution in [3.63, 3.8) is 0 Å². The molecule has 3 N–H and O–H groups in total. The fourth-order valence-corrected chi connectivity index (χ4v) is 14.8. The Morgan fingerprint density at radius 1 is 0.269 bits per heavy atom. The molecule has 0 spiro atoms. The van der Waals surface area contributed by atoms with Crippen molar-refractivity contribution in [1.82, 2.24) is 0 Å². The van der Waals surface area contributed by atoms with E-state index in [-0.39, 0.29) is 25.7 Å². The van der Waals surface area contributed by atoms with Gasteiger partial charge in [0.1, 0.15) is 19.3 Å². The van der Waals surface area contributed by atoms with Gasteiger partial charge in [0.05, 0.1) is 26.4 Å². The van der Waals surface area contributed by atoms with Crippen molar-refractivity contribution in [2.45, 2.75) is 477 Å². The average molecular weight is 1520 g/mol. The molecule has 0 aromatic rings. The van der Waals surface area contributed by atoms with Crippen LogP contribution in [0, 0.1) is 5.92 Å². The highest BCUT2D eigenvalue weighted by molar-refractivity contribution is 7.47. The van der Waals surface area contributed by atoms with Crippen LogP contribution >= 0.6 is 15.6 Å². The number of hydrogen-bond acceptors (Lipinski definition) is 15. The lowest BCUT2D eigenvalue weighted by Crippen LogP contribution is -2.30. The van der Waals surface area contributed by atoms with Crippen molar-refractivity contribution in [2.75, 3.05) is 39.6 Å². The van der Waals surface area contributed by atoms with Crippen molar-refractivity contribution < 1.29 is 80.2 Å². The molecule has 0 aliphatic carbocycles. The summed E-state index contributed by atoms with van der Waals surface area (Å²) in [5.74, 6) is -1.30. The van der Waals surface area contributed by atoms with E-state index in [1.54, 1.807) is 0 Å². The SMILES string of the molecule is CCCCCCCCCCCCCCCCCCCCCCCCC(=O)O[C@H](COC(=O)CCCCCCCCCCCCCCCCC)COP(=O)(O)OC[C@@H](O)COP(=O)(O)OC[C@@H](COC(=O)CCCCCCCCCCCCCCC)OC(=O)CCCCCCCCCCCCC(C)CC. The van der Waals surface area contributed by atoms with Gasteiger partial charge in [-0.15, -0.1) is 0 Å². The zero-order chi connectivity index (χ0) is 76.2. The van der Waals surface area contributed by atoms with Gasteiger partial charge in [-0.25, -0.2) is 9.13 Å². The summed E-state index contributed by atoms with van der Waals surface area (Å²) in [6, 6.07) is 0. The summed E-state index contributed by atoms with van der Waals surface area (Å²) in [7, 11) is -9.93. The van der Waals surface area contributed by atoms with Gasteiger partial charge in [0.15, 0.2) is 12.2 Å². The van der Waals surface area contributed by atoms with Gasteiger partial charge in [-0.05, 0) is 31.6 Å². The van der Waals surface area contributed by atoms with E-state index in [9.17, 15) is 43.2 Å². The van der Waals surface area contributed by atoms with Crippen LogP contribution in [0.5, 0.6) is 0 Å². The Bertz CT molecular complexity index is 1980. The molecular weight excluding hydrogens is 1350 g/mol. The van der Waals surface area contributed by atoms with E-state index < -0.39 is 97.5 Å². The normalized spacial score (nSPS) is 14.0. The molecule has 0 aromatic carbocycles. The van der Waals surface area contributed by atoms with Crippen LogP contribution in [-0.2, 0) is 65.4 Å². The fourth-order valence-electron chi connectivity index (χ4n) is 13.3. The van der Waals surface area contributed by atoms with Crippen LogP contribution in [0.1, 0.15) is 458 Å². The molecule has 104 heavy (non-hydrogen) atoms. The highest BCUT2D eigenvalue weighted by Crippen LogP contribution is 2.45. The first-order valence-corrected chi connectivity index (χ1v) is 47.2. The lowest BCUT2D eigenvalue weighted by Gasteiger charge is -2.21. The monoisotopic (exact) mass is 1520 g/mol. The largest absolute Gasteiger partial charge is 0.472 e. The Morgan fingerprint density at radius 3 is 0.683 bits per heavy atom. The first kappa shape index (κ1) is 102. The van der Waals surface area contributed by atoms with Gasteiger partial charge >= 0.3 is 39.5 Å². The van der Waals surface area contributed by atoms with Crippen molar-refractivity contribution in [3.05, 3.63) is 0 Å². The number of carbonyl (C=O) groups is 4. The maximum atomic E-state index is 13.1. The summed E-state index contributed by atoms with van der Waals surface area (Å²) in [5, 5.41) is 10.7. The lowest BCUT2D eigenvalue weighted by molar-refractivity contribution is -0.161. The maximum Gasteiger partial charge on any atom is 0.472 e. The second-order valence-electron chi connectivity index (χ2n) is 30.8. The molecule has 0 saturated carbocycles. The molecule has 17 nitrogen and oxygen atoms in total. The van der Waals surface area contributed by atoms with Gasteiger partial charge in [0.25, 0.3) is 0 Å². The van der Waals surface area contributed by atoms with E-state index >= 15 is 0 Å². The van der Waals surface area contributed by atoms with E-state index in [0.717, 1.165) is 95.8 Å². The second-order valence-corrected chi connectivity index (χ2v) is 33.7. The van der Waals surface area contributed by atoms with Crippen LogP contribution in [0.4, 0.5) is 0 Å². The van der Waals surface area contributed by atoms with Crippen LogP contribution in [0.25, 0.3) is 0 Å². The average Bonchev–Trinajstić information content (AvgIpc) is 0.918. The molecule has 0 aliphatic heterocycles. The van der Waals surface area contributed by atoms with Gasteiger partial charge in [-0.3, -0.25) is 37.3 Å². The number of phosphoric ester groups is 2. The molecular formula is C85H166O17P2. The molecule has 3 unspecified atom stereocenters. The fraction of sp³-hybridized carbons (Fsp3) is 0.953. The predicted molar refractivity (Wildman–Crippen MR) is 428 cm³/mol. The van der Waals surface area contributed by atoms with Crippen molar-refractivity contribution in [2.24, 2.45) is 5.92 Å². The summed E-state index contributed by atoms with van der Waals surface area (Å²) < 4.78 is 68.9. The molecule has 0 amide bonds. The zero-order valence-electron chi connectivity index (χ0n) is 68.2. The molecule has 0 rings (SSSR count). The molecule has 0 saturated heterocycles.